The van der Waals surface area contributed by atoms with Gasteiger partial charge in [0.25, 0.3) is 0 Å². The summed E-state index contributed by atoms with van der Waals surface area (Å²) in [6.45, 7) is 2.07. The quantitative estimate of drug-likeness (QED) is 0.483. The average molecular weight is 313 g/mol. The van der Waals surface area contributed by atoms with E-state index in [9.17, 15) is 4.79 Å². The van der Waals surface area contributed by atoms with E-state index in [0.717, 1.165) is 34.1 Å². The highest BCUT2D eigenvalue weighted by molar-refractivity contribution is 5.85. The molecule has 0 unspecified atom stereocenters. The minimum Gasteiger partial charge on any atom is -0.436 e. The number of rotatable bonds is 3. The molecule has 1 heterocycles. The Labute approximate surface area is 139 Å². The first-order valence-electron chi connectivity index (χ1n) is 7.77. The summed E-state index contributed by atoms with van der Waals surface area (Å²) in [5.74, 6) is 0.573. The maximum absolute atomic E-state index is 10.9. The van der Waals surface area contributed by atoms with Gasteiger partial charge in [-0.1, -0.05) is 42.5 Å². The molecule has 1 aromatic heterocycles. The first-order valence-corrected chi connectivity index (χ1v) is 7.77. The van der Waals surface area contributed by atoms with Gasteiger partial charge in [-0.15, -0.1) is 0 Å². The van der Waals surface area contributed by atoms with Crippen molar-refractivity contribution in [3.63, 3.8) is 0 Å². The van der Waals surface area contributed by atoms with Crippen molar-refractivity contribution in [2.45, 2.75) is 6.92 Å². The van der Waals surface area contributed by atoms with Crippen LogP contribution in [0.5, 0.6) is 0 Å². The van der Waals surface area contributed by atoms with Crippen molar-refractivity contribution in [2.75, 3.05) is 0 Å². The second kappa shape index (κ2) is 5.78. The topological polar surface area (TPSA) is 43.1 Å². The summed E-state index contributed by atoms with van der Waals surface area (Å²) in [7, 11) is 0. The summed E-state index contributed by atoms with van der Waals surface area (Å²) >= 11 is 0. The lowest BCUT2D eigenvalue weighted by atomic mass is 9.96. The summed E-state index contributed by atoms with van der Waals surface area (Å²) in [5, 5.41) is 0. The van der Waals surface area contributed by atoms with Crippen molar-refractivity contribution in [1.29, 1.82) is 0 Å². The van der Waals surface area contributed by atoms with E-state index < -0.39 is 0 Å². The number of aromatic nitrogens is 1. The molecule has 4 aromatic rings. The lowest BCUT2D eigenvalue weighted by molar-refractivity contribution is 0.112. The summed E-state index contributed by atoms with van der Waals surface area (Å²) in [4.78, 5) is 15.5. The van der Waals surface area contributed by atoms with Crippen LogP contribution in [0.1, 0.15) is 15.9 Å². The maximum atomic E-state index is 10.9. The minimum absolute atomic E-state index is 0.573. The Balaban J connectivity index is 1.86. The molecular formula is C21H15NO2. The second-order valence-electron chi connectivity index (χ2n) is 5.71. The Kier molecular flexibility index (Phi) is 3.47. The van der Waals surface area contributed by atoms with Gasteiger partial charge in [0, 0.05) is 11.1 Å². The predicted octanol–water partition coefficient (Wildman–Crippen LogP) is 5.28. The SMILES string of the molecule is Cc1c(-c2ccccc2)cccc1-c1nc2ccc(C=O)cc2o1. The molecule has 0 atom stereocenters. The number of benzene rings is 3. The molecule has 0 aliphatic carbocycles. The van der Waals surface area contributed by atoms with Crippen molar-refractivity contribution in [3.05, 3.63) is 77.9 Å². The fourth-order valence-electron chi connectivity index (χ4n) is 2.93. The van der Waals surface area contributed by atoms with E-state index in [1.807, 2.05) is 36.4 Å². The van der Waals surface area contributed by atoms with E-state index in [2.05, 4.69) is 30.1 Å². The van der Waals surface area contributed by atoms with Gasteiger partial charge in [-0.05, 0) is 47.9 Å². The Bertz CT molecular complexity index is 1030. The van der Waals surface area contributed by atoms with Crippen LogP contribution < -0.4 is 0 Å². The molecular weight excluding hydrogens is 298 g/mol. The molecule has 0 aliphatic rings. The molecule has 24 heavy (non-hydrogen) atoms. The predicted molar refractivity (Wildman–Crippen MR) is 95.0 cm³/mol. The Morgan fingerprint density at radius 2 is 1.71 bits per heavy atom. The highest BCUT2D eigenvalue weighted by Gasteiger charge is 2.13. The first-order chi connectivity index (χ1) is 11.8. The van der Waals surface area contributed by atoms with E-state index in [4.69, 9.17) is 4.42 Å². The number of carbonyl (C=O) groups is 1. The highest BCUT2D eigenvalue weighted by atomic mass is 16.3. The lowest BCUT2D eigenvalue weighted by Gasteiger charge is -2.09. The largest absolute Gasteiger partial charge is 0.436 e. The number of hydrogen-bond donors (Lipinski definition) is 0. The minimum atomic E-state index is 0.573. The fourth-order valence-corrected chi connectivity index (χ4v) is 2.93. The number of oxazole rings is 1. The second-order valence-corrected chi connectivity index (χ2v) is 5.71. The third-order valence-corrected chi connectivity index (χ3v) is 4.20. The number of fused-ring (bicyclic) bond motifs is 1. The molecule has 0 amide bonds. The molecule has 0 spiro atoms. The molecule has 116 valence electrons. The van der Waals surface area contributed by atoms with Crippen LogP contribution in [0.25, 0.3) is 33.7 Å². The Morgan fingerprint density at radius 3 is 2.50 bits per heavy atom. The molecule has 3 aromatic carbocycles. The summed E-state index contributed by atoms with van der Waals surface area (Å²) in [6.07, 6.45) is 0.808. The molecule has 3 nitrogen and oxygen atoms in total. The van der Waals surface area contributed by atoms with Crippen LogP contribution in [0.4, 0.5) is 0 Å². The van der Waals surface area contributed by atoms with Gasteiger partial charge in [-0.2, -0.15) is 0 Å². The van der Waals surface area contributed by atoms with Crippen molar-refractivity contribution in [1.82, 2.24) is 4.98 Å². The van der Waals surface area contributed by atoms with Gasteiger partial charge < -0.3 is 4.42 Å². The average Bonchev–Trinajstić information content (AvgIpc) is 3.05. The molecule has 0 aliphatic heterocycles. The van der Waals surface area contributed by atoms with Crippen LogP contribution in [-0.2, 0) is 0 Å². The molecule has 0 radical (unpaired) electrons. The number of hydrogen-bond acceptors (Lipinski definition) is 3. The molecule has 0 fully saturated rings. The summed E-state index contributed by atoms with van der Waals surface area (Å²) in [6, 6.07) is 21.6. The number of carbonyl (C=O) groups excluding carboxylic acids is 1. The Hall–Kier alpha value is -3.20. The number of aldehydes is 1. The van der Waals surface area contributed by atoms with Crippen LogP contribution >= 0.6 is 0 Å². The van der Waals surface area contributed by atoms with Gasteiger partial charge in [0.05, 0.1) is 0 Å². The monoisotopic (exact) mass is 313 g/mol. The van der Waals surface area contributed by atoms with Gasteiger partial charge >= 0.3 is 0 Å². The van der Waals surface area contributed by atoms with Crippen LogP contribution in [0.2, 0.25) is 0 Å². The lowest BCUT2D eigenvalue weighted by Crippen LogP contribution is -1.88. The molecule has 0 bridgehead atoms. The highest BCUT2D eigenvalue weighted by Crippen LogP contribution is 2.32. The van der Waals surface area contributed by atoms with E-state index >= 15 is 0 Å². The van der Waals surface area contributed by atoms with Crippen molar-refractivity contribution in [3.8, 4) is 22.6 Å². The Morgan fingerprint density at radius 1 is 0.917 bits per heavy atom. The number of nitrogens with zero attached hydrogens (tertiary/aromatic N) is 1. The summed E-state index contributed by atoms with van der Waals surface area (Å²) < 4.78 is 5.90. The van der Waals surface area contributed by atoms with E-state index in [-0.39, 0.29) is 0 Å². The zero-order valence-electron chi connectivity index (χ0n) is 13.2. The molecule has 0 N–H and O–H groups in total. The molecule has 4 rings (SSSR count). The fraction of sp³-hybridized carbons (Fsp3) is 0.0476. The summed E-state index contributed by atoms with van der Waals surface area (Å²) in [5.41, 5.74) is 6.35. The van der Waals surface area contributed by atoms with Crippen molar-refractivity contribution in [2.24, 2.45) is 0 Å². The van der Waals surface area contributed by atoms with Crippen molar-refractivity contribution >= 4 is 17.4 Å². The molecule has 3 heteroatoms. The van der Waals surface area contributed by atoms with E-state index in [1.165, 1.54) is 0 Å². The van der Waals surface area contributed by atoms with Gasteiger partial charge in [0.15, 0.2) is 5.58 Å². The van der Waals surface area contributed by atoms with Crippen molar-refractivity contribution < 1.29 is 9.21 Å². The zero-order chi connectivity index (χ0) is 16.5. The van der Waals surface area contributed by atoms with Gasteiger partial charge in [0.2, 0.25) is 5.89 Å². The van der Waals surface area contributed by atoms with Gasteiger partial charge in [-0.3, -0.25) is 4.79 Å². The van der Waals surface area contributed by atoms with Gasteiger partial charge in [-0.25, -0.2) is 4.98 Å². The van der Waals surface area contributed by atoms with Crippen LogP contribution in [0.15, 0.2) is 71.1 Å². The third kappa shape index (κ3) is 2.40. The van der Waals surface area contributed by atoms with Gasteiger partial charge in [0.1, 0.15) is 11.8 Å². The molecule has 0 saturated heterocycles. The maximum Gasteiger partial charge on any atom is 0.227 e. The molecule has 0 saturated carbocycles. The third-order valence-electron chi connectivity index (χ3n) is 4.20. The van der Waals surface area contributed by atoms with E-state index in [0.29, 0.717) is 17.0 Å². The zero-order valence-corrected chi connectivity index (χ0v) is 13.2. The van der Waals surface area contributed by atoms with Crippen LogP contribution in [0.3, 0.4) is 0 Å². The first kappa shape index (κ1) is 14.4. The normalized spacial score (nSPS) is 10.9. The standard InChI is InChI=1S/C21H15NO2/c1-14-17(16-6-3-2-4-7-16)8-5-9-18(14)21-22-19-11-10-15(13-23)12-20(19)24-21/h2-13H,1H3. The smallest absolute Gasteiger partial charge is 0.227 e. The van der Waals surface area contributed by atoms with Crippen LogP contribution in [0, 0.1) is 6.92 Å². The van der Waals surface area contributed by atoms with E-state index in [1.54, 1.807) is 12.1 Å². The van der Waals surface area contributed by atoms with Crippen LogP contribution in [-0.4, -0.2) is 11.3 Å².